The molecule has 0 fully saturated rings. The minimum absolute atomic E-state index is 0.785. The van der Waals surface area contributed by atoms with Gasteiger partial charge < -0.3 is 14.2 Å². The highest BCUT2D eigenvalue weighted by molar-refractivity contribution is 5.91. The predicted molar refractivity (Wildman–Crippen MR) is 63.6 cm³/mol. The van der Waals surface area contributed by atoms with Gasteiger partial charge in [-0.15, -0.1) is 0 Å². The first-order valence-electron chi connectivity index (χ1n) is 4.98. The van der Waals surface area contributed by atoms with E-state index in [1.165, 1.54) is 0 Å². The zero-order valence-corrected chi connectivity index (χ0v) is 9.61. The maximum atomic E-state index is 5.33. The first-order chi connectivity index (χ1) is 7.78. The van der Waals surface area contributed by atoms with Gasteiger partial charge in [-0.3, -0.25) is 0 Å². The summed E-state index contributed by atoms with van der Waals surface area (Å²) in [5.74, 6) is 2.39. The van der Waals surface area contributed by atoms with Crippen LogP contribution in [-0.2, 0) is 0 Å². The van der Waals surface area contributed by atoms with E-state index in [-0.39, 0.29) is 0 Å². The van der Waals surface area contributed by atoms with E-state index in [1.54, 1.807) is 21.3 Å². The molecular weight excluding hydrogens is 204 g/mol. The number of ether oxygens (including phenoxy) is 3. The Balaban J connectivity index is 2.69. The third kappa shape index (κ3) is 1.76. The van der Waals surface area contributed by atoms with Crippen LogP contribution in [0.15, 0.2) is 30.3 Å². The van der Waals surface area contributed by atoms with Crippen molar-refractivity contribution in [1.29, 1.82) is 0 Å². The van der Waals surface area contributed by atoms with Gasteiger partial charge >= 0.3 is 0 Å². The van der Waals surface area contributed by atoms with Crippen LogP contribution in [0, 0.1) is 0 Å². The average molecular weight is 218 g/mol. The molecule has 16 heavy (non-hydrogen) atoms. The van der Waals surface area contributed by atoms with Crippen molar-refractivity contribution in [3.05, 3.63) is 30.3 Å². The fourth-order valence-electron chi connectivity index (χ4n) is 1.69. The van der Waals surface area contributed by atoms with E-state index in [1.807, 2.05) is 30.3 Å². The van der Waals surface area contributed by atoms with Crippen LogP contribution in [0.3, 0.4) is 0 Å². The Morgan fingerprint density at radius 2 is 1.50 bits per heavy atom. The number of hydrogen-bond acceptors (Lipinski definition) is 3. The minimum atomic E-state index is 0.785. The fourth-order valence-corrected chi connectivity index (χ4v) is 1.69. The first kappa shape index (κ1) is 10.6. The van der Waals surface area contributed by atoms with Gasteiger partial charge in [-0.1, -0.05) is 6.07 Å². The van der Waals surface area contributed by atoms with Crippen LogP contribution in [-0.4, -0.2) is 21.3 Å². The number of fused-ring (bicyclic) bond motifs is 1. The third-order valence-electron chi connectivity index (χ3n) is 2.55. The molecule has 0 aliphatic carbocycles. The maximum Gasteiger partial charge on any atom is 0.130 e. The molecular formula is C13H14O3. The van der Waals surface area contributed by atoms with Gasteiger partial charge in [0.15, 0.2) is 0 Å². The van der Waals surface area contributed by atoms with Crippen LogP contribution < -0.4 is 14.2 Å². The van der Waals surface area contributed by atoms with E-state index in [0.29, 0.717) is 0 Å². The highest BCUT2D eigenvalue weighted by Gasteiger charge is 2.06. The molecule has 3 nitrogen and oxygen atoms in total. The molecule has 0 atom stereocenters. The number of benzene rings is 2. The van der Waals surface area contributed by atoms with Gasteiger partial charge in [0.1, 0.15) is 17.2 Å². The molecule has 0 saturated carbocycles. The van der Waals surface area contributed by atoms with Crippen molar-refractivity contribution in [2.24, 2.45) is 0 Å². The van der Waals surface area contributed by atoms with Crippen molar-refractivity contribution in [3.63, 3.8) is 0 Å². The second-order valence-electron chi connectivity index (χ2n) is 3.42. The molecule has 0 N–H and O–H groups in total. The van der Waals surface area contributed by atoms with Crippen LogP contribution in [0.1, 0.15) is 0 Å². The Hall–Kier alpha value is -1.90. The molecule has 0 aliphatic heterocycles. The van der Waals surface area contributed by atoms with Crippen molar-refractivity contribution < 1.29 is 14.2 Å². The summed E-state index contributed by atoms with van der Waals surface area (Å²) in [5, 5.41) is 2.08. The molecule has 0 spiro atoms. The van der Waals surface area contributed by atoms with Gasteiger partial charge in [-0.25, -0.2) is 0 Å². The zero-order valence-electron chi connectivity index (χ0n) is 9.61. The van der Waals surface area contributed by atoms with Gasteiger partial charge in [-0.05, 0) is 23.6 Å². The maximum absolute atomic E-state index is 5.33. The Bertz CT molecular complexity index is 506. The Labute approximate surface area is 94.5 Å². The van der Waals surface area contributed by atoms with Gasteiger partial charge in [0.05, 0.1) is 21.3 Å². The summed E-state index contributed by atoms with van der Waals surface area (Å²) in [4.78, 5) is 0. The Kier molecular flexibility index (Phi) is 2.86. The minimum Gasteiger partial charge on any atom is -0.497 e. The average Bonchev–Trinajstić information content (AvgIpc) is 2.36. The summed E-state index contributed by atoms with van der Waals surface area (Å²) in [6.07, 6.45) is 0. The quantitative estimate of drug-likeness (QED) is 0.792. The number of rotatable bonds is 3. The molecule has 84 valence electrons. The molecule has 0 heterocycles. The molecule has 2 aromatic rings. The topological polar surface area (TPSA) is 27.7 Å². The van der Waals surface area contributed by atoms with Crippen molar-refractivity contribution in [1.82, 2.24) is 0 Å². The summed E-state index contributed by atoms with van der Waals surface area (Å²) in [7, 11) is 4.94. The van der Waals surface area contributed by atoms with Crippen LogP contribution >= 0.6 is 0 Å². The number of methoxy groups -OCH3 is 3. The van der Waals surface area contributed by atoms with E-state index >= 15 is 0 Å². The lowest BCUT2D eigenvalue weighted by atomic mass is 10.1. The van der Waals surface area contributed by atoms with Crippen LogP contribution in [0.5, 0.6) is 17.2 Å². The molecule has 2 rings (SSSR count). The molecule has 0 radical (unpaired) electrons. The monoisotopic (exact) mass is 218 g/mol. The largest absolute Gasteiger partial charge is 0.497 e. The fraction of sp³-hybridized carbons (Fsp3) is 0.231. The van der Waals surface area contributed by atoms with Crippen LogP contribution in [0.25, 0.3) is 10.8 Å². The van der Waals surface area contributed by atoms with Crippen molar-refractivity contribution in [2.45, 2.75) is 0 Å². The molecule has 0 saturated heterocycles. The molecule has 0 aromatic heterocycles. The van der Waals surface area contributed by atoms with E-state index in [4.69, 9.17) is 14.2 Å². The Morgan fingerprint density at radius 1 is 0.750 bits per heavy atom. The van der Waals surface area contributed by atoms with Gasteiger partial charge in [0, 0.05) is 11.5 Å². The van der Waals surface area contributed by atoms with E-state index in [2.05, 4.69) is 0 Å². The smallest absolute Gasteiger partial charge is 0.130 e. The summed E-state index contributed by atoms with van der Waals surface area (Å²) >= 11 is 0. The SMILES string of the molecule is COc1cc(OC)c2cc(OC)ccc2c1. The molecule has 3 heteroatoms. The molecule has 0 unspecified atom stereocenters. The van der Waals surface area contributed by atoms with Crippen LogP contribution in [0.2, 0.25) is 0 Å². The van der Waals surface area contributed by atoms with Gasteiger partial charge in [0.2, 0.25) is 0 Å². The summed E-state index contributed by atoms with van der Waals surface area (Å²) in [5.41, 5.74) is 0. The summed E-state index contributed by atoms with van der Waals surface area (Å²) < 4.78 is 15.7. The highest BCUT2D eigenvalue weighted by Crippen LogP contribution is 2.33. The molecule has 0 aliphatic rings. The highest BCUT2D eigenvalue weighted by atomic mass is 16.5. The number of hydrogen-bond donors (Lipinski definition) is 0. The summed E-state index contributed by atoms with van der Waals surface area (Å²) in [6.45, 7) is 0. The predicted octanol–water partition coefficient (Wildman–Crippen LogP) is 2.87. The van der Waals surface area contributed by atoms with E-state index in [9.17, 15) is 0 Å². The van der Waals surface area contributed by atoms with Gasteiger partial charge in [-0.2, -0.15) is 0 Å². The third-order valence-corrected chi connectivity index (χ3v) is 2.55. The lowest BCUT2D eigenvalue weighted by Crippen LogP contribution is -1.90. The summed E-state index contributed by atoms with van der Waals surface area (Å²) in [6, 6.07) is 9.69. The first-order valence-corrected chi connectivity index (χ1v) is 4.98. The lowest BCUT2D eigenvalue weighted by molar-refractivity contribution is 0.397. The molecule has 0 amide bonds. The van der Waals surface area contributed by atoms with Crippen LogP contribution in [0.4, 0.5) is 0 Å². The van der Waals surface area contributed by atoms with Gasteiger partial charge in [0.25, 0.3) is 0 Å². The zero-order chi connectivity index (χ0) is 11.5. The Morgan fingerprint density at radius 3 is 2.12 bits per heavy atom. The normalized spacial score (nSPS) is 10.2. The van der Waals surface area contributed by atoms with Crippen molar-refractivity contribution in [2.75, 3.05) is 21.3 Å². The van der Waals surface area contributed by atoms with Crippen molar-refractivity contribution >= 4 is 10.8 Å². The van der Waals surface area contributed by atoms with E-state index in [0.717, 1.165) is 28.0 Å². The second kappa shape index (κ2) is 4.31. The van der Waals surface area contributed by atoms with E-state index < -0.39 is 0 Å². The molecule has 0 bridgehead atoms. The standard InChI is InChI=1S/C13H14O3/c1-14-10-5-4-9-6-11(15-2)8-13(16-3)12(9)7-10/h4-8H,1-3H3. The molecule has 2 aromatic carbocycles. The van der Waals surface area contributed by atoms with Crippen molar-refractivity contribution in [3.8, 4) is 17.2 Å². The lowest BCUT2D eigenvalue weighted by Gasteiger charge is -2.09. The second-order valence-corrected chi connectivity index (χ2v) is 3.42.